The van der Waals surface area contributed by atoms with Crippen molar-refractivity contribution >= 4 is 17.5 Å². The zero-order chi connectivity index (χ0) is 20.3. The Balaban J connectivity index is 2.20. The number of aliphatic hydroxyl groups excluding tert-OH is 2. The fourth-order valence-corrected chi connectivity index (χ4v) is 5.65. The van der Waals surface area contributed by atoms with Crippen LogP contribution in [0.5, 0.6) is 0 Å². The molecule has 0 spiro atoms. The Morgan fingerprint density at radius 2 is 1.81 bits per heavy atom. The van der Waals surface area contributed by atoms with Crippen molar-refractivity contribution in [2.45, 2.75) is 72.5 Å². The van der Waals surface area contributed by atoms with Gasteiger partial charge >= 0.3 is 5.97 Å². The standard InChI is InChI=1S/C21H28O6/c1-10(27-11(2)22)14-17(24)15-12(23)9-13-20(3,4)7-6-8-21(13,5)16(15)19(26)18(14)25/h10,12-13,23-24H,6-9H2,1-5H3/t10?,12-,13+,21+/m1/s1. The molecule has 0 aromatic carbocycles. The van der Waals surface area contributed by atoms with Gasteiger partial charge in [0.05, 0.1) is 11.7 Å². The number of ketones is 2. The Morgan fingerprint density at radius 1 is 1.19 bits per heavy atom. The number of esters is 1. The third-order valence-corrected chi connectivity index (χ3v) is 6.80. The van der Waals surface area contributed by atoms with Crippen LogP contribution < -0.4 is 0 Å². The average molecular weight is 376 g/mol. The van der Waals surface area contributed by atoms with E-state index >= 15 is 0 Å². The minimum Gasteiger partial charge on any atom is -0.507 e. The highest BCUT2D eigenvalue weighted by atomic mass is 16.5. The van der Waals surface area contributed by atoms with Crippen LogP contribution in [0.4, 0.5) is 0 Å². The van der Waals surface area contributed by atoms with E-state index in [1.807, 2.05) is 6.92 Å². The molecule has 0 radical (unpaired) electrons. The quantitative estimate of drug-likeness (QED) is 0.437. The van der Waals surface area contributed by atoms with Crippen LogP contribution >= 0.6 is 0 Å². The van der Waals surface area contributed by atoms with E-state index in [0.29, 0.717) is 6.42 Å². The summed E-state index contributed by atoms with van der Waals surface area (Å²) in [4.78, 5) is 37.2. The fraction of sp³-hybridized carbons (Fsp3) is 0.667. The minimum absolute atomic E-state index is 0.0319. The van der Waals surface area contributed by atoms with Crippen molar-refractivity contribution in [1.29, 1.82) is 0 Å². The monoisotopic (exact) mass is 376 g/mol. The van der Waals surface area contributed by atoms with E-state index in [1.54, 1.807) is 0 Å². The van der Waals surface area contributed by atoms with Gasteiger partial charge in [0.25, 0.3) is 0 Å². The normalized spacial score (nSPS) is 34.1. The number of rotatable bonds is 2. The molecular formula is C21H28O6. The highest BCUT2D eigenvalue weighted by Crippen LogP contribution is 2.61. The van der Waals surface area contributed by atoms with Gasteiger partial charge in [-0.1, -0.05) is 27.2 Å². The van der Waals surface area contributed by atoms with Crippen molar-refractivity contribution in [2.75, 3.05) is 0 Å². The van der Waals surface area contributed by atoms with Crippen molar-refractivity contribution in [3.63, 3.8) is 0 Å². The third-order valence-electron chi connectivity index (χ3n) is 6.80. The fourth-order valence-electron chi connectivity index (χ4n) is 5.65. The summed E-state index contributed by atoms with van der Waals surface area (Å²) < 4.78 is 5.02. The first kappa shape index (κ1) is 19.8. The van der Waals surface area contributed by atoms with Gasteiger partial charge in [0.2, 0.25) is 11.6 Å². The molecule has 0 heterocycles. The van der Waals surface area contributed by atoms with Crippen LogP contribution in [0.1, 0.15) is 60.3 Å². The number of Topliss-reactive ketones (excluding diaryl/α,β-unsaturated/α-hetero) is 2. The van der Waals surface area contributed by atoms with E-state index in [4.69, 9.17) is 4.74 Å². The largest absolute Gasteiger partial charge is 0.507 e. The third kappa shape index (κ3) is 2.85. The maximum atomic E-state index is 13.1. The lowest BCUT2D eigenvalue weighted by Crippen LogP contribution is -2.53. The highest BCUT2D eigenvalue weighted by Gasteiger charge is 2.57. The van der Waals surface area contributed by atoms with E-state index in [1.165, 1.54) is 13.8 Å². The van der Waals surface area contributed by atoms with Gasteiger partial charge in [-0.3, -0.25) is 14.4 Å². The predicted molar refractivity (Wildman–Crippen MR) is 97.8 cm³/mol. The first-order valence-electron chi connectivity index (χ1n) is 9.54. The summed E-state index contributed by atoms with van der Waals surface area (Å²) in [5, 5.41) is 21.7. The first-order chi connectivity index (χ1) is 12.4. The summed E-state index contributed by atoms with van der Waals surface area (Å²) in [5.74, 6) is -2.53. The van der Waals surface area contributed by atoms with Crippen LogP contribution in [0.25, 0.3) is 0 Å². The summed E-state index contributed by atoms with van der Waals surface area (Å²) in [6, 6.07) is 0. The zero-order valence-electron chi connectivity index (χ0n) is 16.6. The molecule has 0 aromatic rings. The topological polar surface area (TPSA) is 101 Å². The second kappa shape index (κ2) is 6.30. The molecule has 1 fully saturated rings. The number of hydrogen-bond acceptors (Lipinski definition) is 6. The molecule has 3 aliphatic carbocycles. The van der Waals surface area contributed by atoms with E-state index in [-0.39, 0.29) is 28.1 Å². The van der Waals surface area contributed by atoms with Gasteiger partial charge in [0.15, 0.2) is 0 Å². The number of carbonyl (C=O) groups is 3. The lowest BCUT2D eigenvalue weighted by Gasteiger charge is -2.56. The number of carbonyl (C=O) groups excluding carboxylic acids is 3. The van der Waals surface area contributed by atoms with Crippen molar-refractivity contribution in [1.82, 2.24) is 0 Å². The van der Waals surface area contributed by atoms with Crippen molar-refractivity contribution in [3.8, 4) is 0 Å². The molecule has 0 aliphatic heterocycles. The molecule has 6 nitrogen and oxygen atoms in total. The lowest BCUT2D eigenvalue weighted by molar-refractivity contribution is -0.145. The van der Waals surface area contributed by atoms with Crippen LogP contribution in [0.3, 0.4) is 0 Å². The van der Waals surface area contributed by atoms with Gasteiger partial charge in [-0.25, -0.2) is 0 Å². The van der Waals surface area contributed by atoms with Crippen LogP contribution in [-0.4, -0.2) is 40.0 Å². The van der Waals surface area contributed by atoms with Crippen molar-refractivity contribution < 1.29 is 29.3 Å². The van der Waals surface area contributed by atoms with E-state index in [2.05, 4.69) is 13.8 Å². The van der Waals surface area contributed by atoms with Gasteiger partial charge in [-0.05, 0) is 37.5 Å². The van der Waals surface area contributed by atoms with E-state index < -0.39 is 40.9 Å². The number of hydrogen-bond donors (Lipinski definition) is 2. The maximum Gasteiger partial charge on any atom is 0.303 e. The molecule has 1 saturated carbocycles. The Hall–Kier alpha value is -1.95. The smallest absolute Gasteiger partial charge is 0.303 e. The maximum absolute atomic E-state index is 13.1. The number of allylic oxidation sites excluding steroid dienone is 1. The number of aliphatic hydroxyl groups is 2. The summed E-state index contributed by atoms with van der Waals surface area (Å²) in [6.45, 7) is 8.86. The molecule has 27 heavy (non-hydrogen) atoms. The Labute approximate surface area is 159 Å². The molecule has 4 atom stereocenters. The number of ether oxygens (including phenoxy) is 1. The van der Waals surface area contributed by atoms with Gasteiger partial charge in [-0.15, -0.1) is 0 Å². The molecule has 0 saturated heterocycles. The van der Waals surface area contributed by atoms with E-state index in [9.17, 15) is 24.6 Å². The SMILES string of the molecule is CC(=O)OC(C)C1=C(O)C2=C(C(=O)C1=O)[C@@]1(C)CCCC(C)(C)[C@@H]1C[C@H]2O. The Kier molecular flexibility index (Phi) is 4.62. The second-order valence-electron chi connectivity index (χ2n) is 9.02. The molecule has 0 aromatic heterocycles. The molecule has 0 amide bonds. The van der Waals surface area contributed by atoms with Gasteiger partial charge in [0.1, 0.15) is 11.9 Å². The first-order valence-corrected chi connectivity index (χ1v) is 9.54. The highest BCUT2D eigenvalue weighted by molar-refractivity contribution is 6.51. The average Bonchev–Trinajstić information content (AvgIpc) is 2.52. The molecule has 148 valence electrons. The molecular weight excluding hydrogens is 348 g/mol. The second-order valence-corrected chi connectivity index (χ2v) is 9.02. The van der Waals surface area contributed by atoms with Crippen LogP contribution in [0.15, 0.2) is 22.5 Å². The molecule has 3 rings (SSSR count). The van der Waals surface area contributed by atoms with Crippen molar-refractivity contribution in [3.05, 3.63) is 22.5 Å². The molecule has 1 unspecified atom stereocenters. The van der Waals surface area contributed by atoms with Gasteiger partial charge in [0, 0.05) is 23.5 Å². The predicted octanol–water partition coefficient (Wildman–Crippen LogP) is 2.80. The van der Waals surface area contributed by atoms with Crippen LogP contribution in [0, 0.1) is 16.7 Å². The minimum atomic E-state index is -1.06. The summed E-state index contributed by atoms with van der Waals surface area (Å²) in [7, 11) is 0. The summed E-state index contributed by atoms with van der Waals surface area (Å²) in [6.07, 6.45) is 0.953. The van der Waals surface area contributed by atoms with Gasteiger partial charge in [-0.2, -0.15) is 0 Å². The summed E-state index contributed by atoms with van der Waals surface area (Å²) >= 11 is 0. The van der Waals surface area contributed by atoms with E-state index in [0.717, 1.165) is 19.3 Å². The molecule has 3 aliphatic rings. The molecule has 6 heteroatoms. The van der Waals surface area contributed by atoms with Crippen LogP contribution in [0.2, 0.25) is 0 Å². The molecule has 2 N–H and O–H groups in total. The Morgan fingerprint density at radius 3 is 2.41 bits per heavy atom. The lowest BCUT2D eigenvalue weighted by atomic mass is 9.48. The number of fused-ring (bicyclic) bond motifs is 2. The van der Waals surface area contributed by atoms with Crippen molar-refractivity contribution in [2.24, 2.45) is 16.7 Å². The Bertz CT molecular complexity index is 786. The van der Waals surface area contributed by atoms with Gasteiger partial charge < -0.3 is 14.9 Å². The summed E-state index contributed by atoms with van der Waals surface area (Å²) in [5.41, 5.74) is -0.510. The van der Waals surface area contributed by atoms with Crippen LogP contribution in [-0.2, 0) is 19.1 Å². The zero-order valence-corrected chi connectivity index (χ0v) is 16.6. The molecule has 0 bridgehead atoms.